The zero-order valence-corrected chi connectivity index (χ0v) is 11.8. The maximum atomic E-state index is 10.1. The molecular formula is C14H30O2V. The standard InChI is InChI=1S/C13H24O2.CH4.V.2H/c1-9(8-14)10-5-6-11-12(15)4-3-7-13(10,11)2;;;;/h9-12,14-15H,3-8H2,1-2H3;1H4;;;/t9-,10-,11?,12?,13-;;;;/m1..../s1/i;;;2*1+1. The number of rotatable bonds is 2. The molecule has 3 heteroatoms. The number of hydrogen-bond donors (Lipinski definition) is 2. The van der Waals surface area contributed by atoms with Gasteiger partial charge >= 0.3 is 20.0 Å². The van der Waals surface area contributed by atoms with Crippen molar-refractivity contribution in [1.82, 2.24) is 0 Å². The molecule has 2 saturated carbocycles. The monoisotopic (exact) mass is 283 g/mol. The van der Waals surface area contributed by atoms with Crippen molar-refractivity contribution < 1.29 is 28.5 Å². The van der Waals surface area contributed by atoms with E-state index in [0.717, 1.165) is 19.3 Å². The predicted octanol–water partition coefficient (Wildman–Crippen LogP) is 2.29. The summed E-state index contributed by atoms with van der Waals surface area (Å²) in [6.07, 6.45) is 5.65. The molecular weight excluding hydrogens is 251 g/mol. The van der Waals surface area contributed by atoms with Crippen molar-refractivity contribution in [2.75, 3.05) is 6.61 Å². The molecule has 0 aromatic rings. The molecule has 0 heterocycles. The summed E-state index contributed by atoms with van der Waals surface area (Å²) in [4.78, 5) is 0. The predicted molar refractivity (Wildman–Crippen MR) is 69.9 cm³/mol. The van der Waals surface area contributed by atoms with Crippen molar-refractivity contribution in [2.24, 2.45) is 23.2 Å². The van der Waals surface area contributed by atoms with Gasteiger partial charge in [0.1, 0.15) is 0 Å². The van der Waals surface area contributed by atoms with E-state index in [0.29, 0.717) is 29.8 Å². The van der Waals surface area contributed by atoms with Crippen LogP contribution in [0.1, 0.15) is 53.4 Å². The van der Waals surface area contributed by atoms with E-state index in [-0.39, 0.29) is 13.5 Å². The van der Waals surface area contributed by atoms with E-state index >= 15 is 0 Å². The van der Waals surface area contributed by atoms with Crippen LogP contribution in [0.5, 0.6) is 0 Å². The van der Waals surface area contributed by atoms with Gasteiger partial charge < -0.3 is 10.2 Å². The van der Waals surface area contributed by atoms with Crippen LogP contribution in [0.25, 0.3) is 0 Å². The third kappa shape index (κ3) is 2.92. The second kappa shape index (κ2) is 6.61. The Morgan fingerprint density at radius 1 is 1.47 bits per heavy atom. The first kappa shape index (κ1) is 13.9. The van der Waals surface area contributed by atoms with Gasteiger partial charge in [-0.2, -0.15) is 0 Å². The molecule has 2 fully saturated rings. The molecule has 2 unspecified atom stereocenters. The van der Waals surface area contributed by atoms with Gasteiger partial charge in [-0.3, -0.25) is 0 Å². The molecule has 2 aliphatic carbocycles. The molecule has 5 atom stereocenters. The topological polar surface area (TPSA) is 40.5 Å². The Balaban J connectivity index is 0.000000742. The molecule has 0 aromatic heterocycles. The van der Waals surface area contributed by atoms with Gasteiger partial charge in [-0.1, -0.05) is 27.7 Å². The van der Waals surface area contributed by atoms with Crippen molar-refractivity contribution in [3.63, 3.8) is 0 Å². The van der Waals surface area contributed by atoms with Crippen molar-refractivity contribution >= 4 is 0 Å². The molecule has 2 nitrogen and oxygen atoms in total. The van der Waals surface area contributed by atoms with Crippen molar-refractivity contribution in [3.05, 3.63) is 0 Å². The first-order valence-electron chi connectivity index (χ1n) is 7.28. The SMILES string of the molecule is C.C[C@H](CO)[C@H]1CCC2C(O)CCC[C@@]21C.[2H][V][2H]. The van der Waals surface area contributed by atoms with Gasteiger partial charge in [-0.15, -0.1) is 0 Å². The summed E-state index contributed by atoms with van der Waals surface area (Å²) in [6.45, 7) is 4.78. The number of fused-ring (bicyclic) bond motifs is 1. The van der Waals surface area contributed by atoms with Crippen LogP contribution in [0.15, 0.2) is 0 Å². The van der Waals surface area contributed by atoms with Gasteiger partial charge in [0, 0.05) is 6.61 Å². The van der Waals surface area contributed by atoms with Gasteiger partial charge in [-0.05, 0) is 48.9 Å². The summed E-state index contributed by atoms with van der Waals surface area (Å²) in [5.74, 6) is 1.50. The number of aliphatic hydroxyl groups excluding tert-OH is 2. The van der Waals surface area contributed by atoms with E-state index in [9.17, 15) is 10.2 Å². The molecule has 17 heavy (non-hydrogen) atoms. The molecule has 0 saturated heterocycles. The summed E-state index contributed by atoms with van der Waals surface area (Å²) in [5, 5.41) is 19.4. The minimum absolute atomic E-state index is 0. The molecule has 0 spiro atoms. The Bertz CT molecular complexity index is 256. The zero-order valence-electron chi connectivity index (χ0n) is 12.4. The molecule has 2 aliphatic rings. The average molecular weight is 283 g/mol. The van der Waals surface area contributed by atoms with Gasteiger partial charge in [0.2, 0.25) is 0 Å². The normalized spacial score (nSPS) is 42.9. The van der Waals surface area contributed by atoms with E-state index in [1.165, 1.54) is 12.8 Å². The molecule has 103 valence electrons. The van der Waals surface area contributed by atoms with Crippen LogP contribution >= 0.6 is 0 Å². The zero-order chi connectivity index (χ0) is 13.8. The molecule has 2 rings (SSSR count). The molecule has 0 aromatic carbocycles. The fraction of sp³-hybridized carbons (Fsp3) is 1.00. The van der Waals surface area contributed by atoms with Crippen molar-refractivity contribution in [3.8, 4) is 0 Å². The van der Waals surface area contributed by atoms with Gasteiger partial charge in [0.15, 0.2) is 0 Å². The second-order valence-electron chi connectivity index (χ2n) is 5.92. The second-order valence-corrected chi connectivity index (χ2v) is 5.92. The third-order valence-electron chi connectivity index (χ3n) is 5.14. The quantitative estimate of drug-likeness (QED) is 0.816. The van der Waals surface area contributed by atoms with Crippen LogP contribution < -0.4 is 0 Å². The Morgan fingerprint density at radius 3 is 2.71 bits per heavy atom. The average Bonchev–Trinajstić information content (AvgIpc) is 2.68. The summed E-state index contributed by atoms with van der Waals surface area (Å²) in [6, 6.07) is 0. The van der Waals surface area contributed by atoms with Gasteiger partial charge in [0.05, 0.1) is 6.10 Å². The number of aliphatic hydroxyl groups is 2. The van der Waals surface area contributed by atoms with Gasteiger partial charge in [-0.25, -0.2) is 0 Å². The van der Waals surface area contributed by atoms with E-state index in [1.54, 1.807) is 0 Å². The molecule has 0 amide bonds. The van der Waals surface area contributed by atoms with Crippen molar-refractivity contribution in [1.29, 1.82) is 1.76 Å². The molecule has 0 radical (unpaired) electrons. The van der Waals surface area contributed by atoms with E-state index in [4.69, 9.17) is 1.76 Å². The fourth-order valence-corrected chi connectivity index (χ4v) is 4.25. The maximum absolute atomic E-state index is 10.1. The van der Waals surface area contributed by atoms with Crippen LogP contribution in [-0.2, 0) is 18.3 Å². The Kier molecular flexibility index (Phi) is 5.41. The summed E-state index contributed by atoms with van der Waals surface area (Å²) in [5.41, 5.74) is 0.291. The summed E-state index contributed by atoms with van der Waals surface area (Å²) >= 11 is -0.812. The van der Waals surface area contributed by atoms with Crippen LogP contribution in [0.3, 0.4) is 0 Å². The first-order chi connectivity index (χ1) is 8.51. The van der Waals surface area contributed by atoms with Crippen molar-refractivity contribution in [2.45, 2.75) is 59.5 Å². The number of hydrogen-bond acceptors (Lipinski definition) is 2. The van der Waals surface area contributed by atoms with Crippen LogP contribution in [-0.4, -0.2) is 24.7 Å². The van der Waals surface area contributed by atoms with Gasteiger partial charge in [0.25, 0.3) is 0 Å². The first-order valence-corrected chi connectivity index (χ1v) is 6.38. The molecule has 2 N–H and O–H groups in total. The van der Waals surface area contributed by atoms with E-state index < -0.39 is 18.3 Å². The minimum atomic E-state index is -0.812. The molecule has 0 aliphatic heterocycles. The Hall–Kier alpha value is 0.504. The third-order valence-corrected chi connectivity index (χ3v) is 5.14. The summed E-state index contributed by atoms with van der Waals surface area (Å²) < 4.78 is 11.9. The Morgan fingerprint density at radius 2 is 2.12 bits per heavy atom. The summed E-state index contributed by atoms with van der Waals surface area (Å²) in [7, 11) is 0. The Labute approximate surface area is 120 Å². The molecule has 0 bridgehead atoms. The van der Waals surface area contributed by atoms with Crippen LogP contribution in [0.2, 0.25) is 0 Å². The van der Waals surface area contributed by atoms with E-state index in [1.807, 2.05) is 0 Å². The van der Waals surface area contributed by atoms with Crippen LogP contribution in [0.4, 0.5) is 0 Å². The van der Waals surface area contributed by atoms with Crippen LogP contribution in [0, 0.1) is 23.2 Å². The fourth-order valence-electron chi connectivity index (χ4n) is 4.25. The van der Waals surface area contributed by atoms with E-state index in [2.05, 4.69) is 13.8 Å².